The number of furan rings is 1. The average molecular weight is 446 g/mol. The van der Waals surface area contributed by atoms with Crippen molar-refractivity contribution in [3.05, 3.63) is 41.4 Å². The van der Waals surface area contributed by atoms with Gasteiger partial charge in [0.05, 0.1) is 7.11 Å². The van der Waals surface area contributed by atoms with Crippen LogP contribution in [0.1, 0.15) is 50.7 Å². The topological polar surface area (TPSA) is 82.8 Å². The lowest BCUT2D eigenvalue weighted by Crippen LogP contribution is -2.27. The molecule has 2 aromatic rings. The maximum atomic E-state index is 12.7. The Balaban J connectivity index is 1.79. The van der Waals surface area contributed by atoms with E-state index in [2.05, 4.69) is 4.18 Å². The predicted octanol–water partition coefficient (Wildman–Crippen LogP) is 5.20. The van der Waals surface area contributed by atoms with Gasteiger partial charge in [0.1, 0.15) is 22.9 Å². The lowest BCUT2D eigenvalue weighted by Gasteiger charge is -2.21. The summed E-state index contributed by atoms with van der Waals surface area (Å²) in [5, 5.41) is 0.837. The summed E-state index contributed by atoms with van der Waals surface area (Å²) in [4.78, 5) is 12.2. The predicted molar refractivity (Wildman–Crippen MR) is 102 cm³/mol. The molecule has 0 spiro atoms. The molecule has 164 valence electrons. The molecule has 0 saturated carbocycles. The smallest absolute Gasteiger partial charge is 0.497 e. The van der Waals surface area contributed by atoms with E-state index in [1.807, 2.05) is 19.1 Å². The summed E-state index contributed by atoms with van der Waals surface area (Å²) < 4.78 is 76.0. The van der Waals surface area contributed by atoms with Crippen molar-refractivity contribution in [1.29, 1.82) is 0 Å². The highest BCUT2D eigenvalue weighted by Gasteiger charge is 2.49. The van der Waals surface area contributed by atoms with Gasteiger partial charge in [0.25, 0.3) is 0 Å². The first-order chi connectivity index (χ1) is 14.0. The Kier molecular flexibility index (Phi) is 6.16. The molecule has 30 heavy (non-hydrogen) atoms. The molecule has 1 aliphatic rings. The molecule has 0 fully saturated rings. The highest BCUT2D eigenvalue weighted by Crippen LogP contribution is 2.35. The van der Waals surface area contributed by atoms with Crippen molar-refractivity contribution >= 4 is 26.9 Å². The van der Waals surface area contributed by atoms with Crippen LogP contribution in [-0.4, -0.2) is 26.8 Å². The molecule has 0 amide bonds. The first-order valence-electron chi connectivity index (χ1n) is 9.35. The molecule has 1 atom stereocenters. The largest absolute Gasteiger partial charge is 0.534 e. The number of alkyl halides is 3. The van der Waals surface area contributed by atoms with Gasteiger partial charge in [-0.3, -0.25) is 4.79 Å². The van der Waals surface area contributed by atoms with Gasteiger partial charge in [-0.25, -0.2) is 0 Å². The minimum atomic E-state index is -5.81. The lowest BCUT2D eigenvalue weighted by molar-refractivity contribution is -0.116. The Labute approximate surface area is 171 Å². The molecule has 0 saturated heterocycles. The van der Waals surface area contributed by atoms with E-state index in [4.69, 9.17) is 9.15 Å². The van der Waals surface area contributed by atoms with Gasteiger partial charge in [-0.05, 0) is 43.5 Å². The zero-order valence-corrected chi connectivity index (χ0v) is 17.2. The Morgan fingerprint density at radius 3 is 2.60 bits per heavy atom. The van der Waals surface area contributed by atoms with Crippen LogP contribution in [0.15, 0.2) is 40.0 Å². The van der Waals surface area contributed by atoms with Gasteiger partial charge in [0.2, 0.25) is 0 Å². The molecule has 0 aliphatic heterocycles. The van der Waals surface area contributed by atoms with Crippen LogP contribution in [0.3, 0.4) is 0 Å². The molecular formula is C20H21F3O6S. The van der Waals surface area contributed by atoms with Gasteiger partial charge in [-0.15, -0.1) is 0 Å². The monoisotopic (exact) mass is 446 g/mol. The van der Waals surface area contributed by atoms with Crippen molar-refractivity contribution < 1.29 is 39.7 Å². The van der Waals surface area contributed by atoms with Crippen LogP contribution in [0.25, 0.3) is 11.0 Å². The molecule has 6 nitrogen and oxygen atoms in total. The summed E-state index contributed by atoms with van der Waals surface area (Å²) in [6.45, 7) is 1.86. The standard InChI is InChI=1S/C20H21F3O6S/c1-12(19-11-13-10-14(27-2)7-9-17(13)28-19)6-8-15-16(24)4-3-5-18(15)29-30(25,26)20(21,22)23/h7,9-12H,3-6,8H2,1-2H3/t12-/m1/s1. The van der Waals surface area contributed by atoms with Crippen LogP contribution in [0.5, 0.6) is 5.75 Å². The molecule has 10 heteroatoms. The second-order valence-corrected chi connectivity index (χ2v) is 8.69. The van der Waals surface area contributed by atoms with Crippen LogP contribution >= 0.6 is 0 Å². The number of carbonyl (C=O) groups excluding carboxylic acids is 1. The van der Waals surface area contributed by atoms with E-state index >= 15 is 0 Å². The van der Waals surface area contributed by atoms with Crippen LogP contribution in [0.4, 0.5) is 13.2 Å². The zero-order valence-electron chi connectivity index (χ0n) is 16.4. The highest BCUT2D eigenvalue weighted by atomic mass is 32.2. The Morgan fingerprint density at radius 2 is 1.93 bits per heavy atom. The lowest BCUT2D eigenvalue weighted by atomic mass is 9.90. The molecular weight excluding hydrogens is 425 g/mol. The van der Waals surface area contributed by atoms with Gasteiger partial charge in [-0.2, -0.15) is 21.6 Å². The Hall–Kier alpha value is -2.49. The second-order valence-electron chi connectivity index (χ2n) is 7.15. The molecule has 1 aliphatic carbocycles. The molecule has 1 aromatic heterocycles. The third kappa shape index (κ3) is 4.63. The van der Waals surface area contributed by atoms with E-state index in [9.17, 15) is 26.4 Å². The van der Waals surface area contributed by atoms with E-state index < -0.39 is 27.2 Å². The highest BCUT2D eigenvalue weighted by molar-refractivity contribution is 7.87. The molecule has 3 rings (SSSR count). The summed E-state index contributed by atoms with van der Waals surface area (Å²) in [6.07, 6.45) is 0.814. The van der Waals surface area contributed by atoms with Crippen LogP contribution in [0.2, 0.25) is 0 Å². The van der Waals surface area contributed by atoms with Crippen molar-refractivity contribution in [1.82, 2.24) is 0 Å². The number of halogens is 3. The number of Topliss-reactive ketones (excluding diaryl/α,β-unsaturated/α-hetero) is 1. The molecule has 0 N–H and O–H groups in total. The van der Waals surface area contributed by atoms with Crippen molar-refractivity contribution in [2.45, 2.75) is 50.5 Å². The number of carbonyl (C=O) groups is 1. The van der Waals surface area contributed by atoms with Crippen molar-refractivity contribution in [3.63, 3.8) is 0 Å². The van der Waals surface area contributed by atoms with Crippen LogP contribution in [0, 0.1) is 0 Å². The quantitative estimate of drug-likeness (QED) is 0.430. The van der Waals surface area contributed by atoms with E-state index in [1.165, 1.54) is 0 Å². The normalized spacial score (nSPS) is 16.8. The summed E-state index contributed by atoms with van der Waals surface area (Å²) >= 11 is 0. The van der Waals surface area contributed by atoms with Crippen LogP contribution < -0.4 is 4.74 Å². The van der Waals surface area contributed by atoms with E-state index in [1.54, 1.807) is 19.2 Å². The molecule has 0 bridgehead atoms. The van der Waals surface area contributed by atoms with Gasteiger partial charge >= 0.3 is 15.6 Å². The minimum Gasteiger partial charge on any atom is -0.497 e. The minimum absolute atomic E-state index is 0.00120. The third-order valence-corrected chi connectivity index (χ3v) is 6.02. The van der Waals surface area contributed by atoms with Gasteiger partial charge < -0.3 is 13.3 Å². The van der Waals surface area contributed by atoms with E-state index in [-0.39, 0.29) is 37.2 Å². The maximum Gasteiger partial charge on any atom is 0.534 e. The number of fused-ring (bicyclic) bond motifs is 1. The van der Waals surface area contributed by atoms with Crippen LogP contribution in [-0.2, 0) is 19.1 Å². The number of methoxy groups -OCH3 is 1. The maximum absolute atomic E-state index is 12.7. The van der Waals surface area contributed by atoms with Gasteiger partial charge in [-0.1, -0.05) is 6.92 Å². The molecule has 1 aromatic carbocycles. The number of allylic oxidation sites excluding steroid dienone is 2. The molecule has 0 unspecified atom stereocenters. The van der Waals surface area contributed by atoms with Crippen molar-refractivity contribution in [2.24, 2.45) is 0 Å². The first-order valence-corrected chi connectivity index (χ1v) is 10.8. The number of hydrogen-bond acceptors (Lipinski definition) is 6. The number of ketones is 1. The fraction of sp³-hybridized carbons (Fsp3) is 0.450. The third-order valence-electron chi connectivity index (χ3n) is 5.03. The fourth-order valence-corrected chi connectivity index (χ4v) is 3.88. The SMILES string of the molecule is COc1ccc2oc([C@H](C)CCC3=C(OS(=O)(=O)C(F)(F)F)CCCC3=O)cc2c1. The van der Waals surface area contributed by atoms with E-state index in [0.29, 0.717) is 23.5 Å². The van der Waals surface area contributed by atoms with Crippen molar-refractivity contribution in [3.8, 4) is 5.75 Å². The van der Waals surface area contributed by atoms with Crippen molar-refractivity contribution in [2.75, 3.05) is 7.11 Å². The number of rotatable bonds is 7. The Morgan fingerprint density at radius 1 is 1.20 bits per heavy atom. The number of ether oxygens (including phenoxy) is 1. The summed E-state index contributed by atoms with van der Waals surface area (Å²) in [5.74, 6) is 0.354. The van der Waals surface area contributed by atoms with Gasteiger partial charge in [0, 0.05) is 29.7 Å². The fourth-order valence-electron chi connectivity index (χ4n) is 3.33. The number of benzene rings is 1. The number of hydrogen-bond donors (Lipinski definition) is 0. The second kappa shape index (κ2) is 8.33. The first kappa shape index (κ1) is 22.2. The average Bonchev–Trinajstić information content (AvgIpc) is 3.09. The molecule has 0 radical (unpaired) electrons. The zero-order chi connectivity index (χ0) is 22.1. The van der Waals surface area contributed by atoms with Gasteiger partial charge in [0.15, 0.2) is 5.78 Å². The summed E-state index contributed by atoms with van der Waals surface area (Å²) in [7, 11) is -4.25. The Bertz CT molecular complexity index is 1080. The summed E-state index contributed by atoms with van der Waals surface area (Å²) in [6, 6.07) is 7.18. The molecule has 1 heterocycles. The van der Waals surface area contributed by atoms with E-state index in [0.717, 1.165) is 5.39 Å². The summed E-state index contributed by atoms with van der Waals surface area (Å²) in [5.41, 5.74) is -4.89.